The Labute approximate surface area is 194 Å². The predicted molar refractivity (Wildman–Crippen MR) is 118 cm³/mol. The maximum Gasteiger partial charge on any atom is 0.306 e. The standard InChI is InChI=1S/C22H40N2O9/c1-12(22(31)32)10-15(26)13(2)24-21(30)14(23)8-6-4-3-5-7-9-16-18(27)20(29)19(28)17(11-25)33-16/h12-14,16-20,25,27-29H,3-11,23H2,1-2H3,(H,24,30)(H,31,32)/t12-,13+,14+,16+,17-,18+,19+,20-/m1/s1. The highest BCUT2D eigenvalue weighted by Crippen LogP contribution is 2.25. The first-order chi connectivity index (χ1) is 15.5. The van der Waals surface area contributed by atoms with E-state index in [0.717, 1.165) is 25.7 Å². The number of nitrogens with one attached hydrogen (secondary N) is 1. The molecule has 8 atom stereocenters. The van der Waals surface area contributed by atoms with Crippen LogP contribution in [0.2, 0.25) is 0 Å². The summed E-state index contributed by atoms with van der Waals surface area (Å²) in [6, 6.07) is -1.56. The fraction of sp³-hybridized carbons (Fsp3) is 0.864. The SMILES string of the molecule is C[C@H](CC(=O)[C@H](C)NC(=O)[C@@H](N)CCCCCCC[C@@H]1O[C@H](CO)[C@H](O)[C@H](O)[C@H]1O)C(=O)O. The molecule has 0 unspecified atom stereocenters. The highest BCUT2D eigenvalue weighted by atomic mass is 16.5. The third kappa shape index (κ3) is 9.63. The molecule has 1 amide bonds. The number of nitrogens with two attached hydrogens (primary N) is 1. The molecule has 8 N–H and O–H groups in total. The van der Waals surface area contributed by atoms with E-state index in [2.05, 4.69) is 5.32 Å². The number of ether oxygens (including phenoxy) is 1. The van der Waals surface area contributed by atoms with E-state index in [1.54, 1.807) is 0 Å². The summed E-state index contributed by atoms with van der Waals surface area (Å²) < 4.78 is 5.47. The van der Waals surface area contributed by atoms with E-state index in [4.69, 9.17) is 15.6 Å². The summed E-state index contributed by atoms with van der Waals surface area (Å²) in [5, 5.41) is 50.2. The van der Waals surface area contributed by atoms with Gasteiger partial charge in [0.1, 0.15) is 24.4 Å². The Morgan fingerprint density at radius 2 is 1.52 bits per heavy atom. The van der Waals surface area contributed by atoms with E-state index in [1.807, 2.05) is 0 Å². The Morgan fingerprint density at radius 3 is 2.12 bits per heavy atom. The monoisotopic (exact) mass is 476 g/mol. The molecule has 0 aromatic carbocycles. The average molecular weight is 477 g/mol. The first-order valence-corrected chi connectivity index (χ1v) is 11.6. The van der Waals surface area contributed by atoms with Gasteiger partial charge < -0.3 is 41.3 Å². The van der Waals surface area contributed by atoms with Gasteiger partial charge in [0.25, 0.3) is 0 Å². The summed E-state index contributed by atoms with van der Waals surface area (Å²) >= 11 is 0. The van der Waals surface area contributed by atoms with Gasteiger partial charge in [0.05, 0.1) is 30.7 Å². The molecule has 1 rings (SSSR count). The molecule has 0 aromatic heterocycles. The van der Waals surface area contributed by atoms with Crippen molar-refractivity contribution in [2.75, 3.05) is 6.61 Å². The van der Waals surface area contributed by atoms with Gasteiger partial charge in [0.15, 0.2) is 5.78 Å². The van der Waals surface area contributed by atoms with Crippen LogP contribution in [0, 0.1) is 5.92 Å². The largest absolute Gasteiger partial charge is 0.481 e. The number of aliphatic hydroxyl groups excluding tert-OH is 4. The van der Waals surface area contributed by atoms with Crippen molar-refractivity contribution >= 4 is 17.7 Å². The summed E-state index contributed by atoms with van der Waals surface area (Å²) in [5.41, 5.74) is 5.89. The quantitative estimate of drug-likeness (QED) is 0.145. The van der Waals surface area contributed by atoms with E-state index in [-0.39, 0.29) is 12.2 Å². The molecular formula is C22H40N2O9. The number of carbonyl (C=O) groups excluding carboxylic acids is 2. The molecule has 11 nitrogen and oxygen atoms in total. The van der Waals surface area contributed by atoms with Crippen LogP contribution in [-0.2, 0) is 19.1 Å². The van der Waals surface area contributed by atoms with E-state index in [9.17, 15) is 34.8 Å². The van der Waals surface area contributed by atoms with Crippen molar-refractivity contribution in [3.8, 4) is 0 Å². The lowest BCUT2D eigenvalue weighted by Gasteiger charge is -2.40. The number of hydrogen-bond donors (Lipinski definition) is 7. The minimum absolute atomic E-state index is 0.158. The molecule has 1 aliphatic rings. The Morgan fingerprint density at radius 1 is 0.939 bits per heavy atom. The molecule has 1 saturated heterocycles. The number of Topliss-reactive ketones (excluding diaryl/α,β-unsaturated/α-hetero) is 1. The molecule has 1 aliphatic heterocycles. The number of carbonyl (C=O) groups is 3. The summed E-state index contributed by atoms with van der Waals surface area (Å²) in [7, 11) is 0. The molecule has 0 bridgehead atoms. The number of aliphatic hydroxyl groups is 4. The minimum atomic E-state index is -1.35. The van der Waals surface area contributed by atoms with Crippen LogP contribution in [0.5, 0.6) is 0 Å². The van der Waals surface area contributed by atoms with E-state index < -0.39 is 67.0 Å². The third-order valence-electron chi connectivity index (χ3n) is 6.10. The first-order valence-electron chi connectivity index (χ1n) is 11.6. The highest BCUT2D eigenvalue weighted by Gasteiger charge is 2.42. The lowest BCUT2D eigenvalue weighted by Crippen LogP contribution is -2.58. The van der Waals surface area contributed by atoms with Crippen LogP contribution in [0.25, 0.3) is 0 Å². The molecule has 1 heterocycles. The summed E-state index contributed by atoms with van der Waals surface area (Å²) in [6.45, 7) is 2.50. The molecule has 0 aromatic rings. The van der Waals surface area contributed by atoms with Crippen molar-refractivity contribution in [1.29, 1.82) is 0 Å². The second-order valence-corrected chi connectivity index (χ2v) is 8.96. The van der Waals surface area contributed by atoms with Crippen LogP contribution in [0.4, 0.5) is 0 Å². The highest BCUT2D eigenvalue weighted by molar-refractivity contribution is 5.92. The van der Waals surface area contributed by atoms with Gasteiger partial charge in [-0.05, 0) is 19.8 Å². The number of hydrogen-bond acceptors (Lipinski definition) is 9. The second kappa shape index (κ2) is 14.6. The van der Waals surface area contributed by atoms with Gasteiger partial charge in [-0.3, -0.25) is 14.4 Å². The average Bonchev–Trinajstić information content (AvgIpc) is 2.77. The zero-order valence-electron chi connectivity index (χ0n) is 19.4. The fourth-order valence-electron chi connectivity index (χ4n) is 3.76. The number of ketones is 1. The van der Waals surface area contributed by atoms with Gasteiger partial charge in [-0.1, -0.05) is 39.0 Å². The number of unbranched alkanes of at least 4 members (excludes halogenated alkanes) is 4. The second-order valence-electron chi connectivity index (χ2n) is 8.96. The van der Waals surface area contributed by atoms with Gasteiger partial charge in [-0.2, -0.15) is 0 Å². The summed E-state index contributed by atoms with van der Waals surface area (Å²) in [5.74, 6) is -2.68. The van der Waals surface area contributed by atoms with Gasteiger partial charge >= 0.3 is 5.97 Å². The van der Waals surface area contributed by atoms with Crippen LogP contribution >= 0.6 is 0 Å². The van der Waals surface area contributed by atoms with Crippen LogP contribution in [-0.4, -0.2) is 92.4 Å². The van der Waals surface area contributed by atoms with E-state index in [0.29, 0.717) is 19.3 Å². The molecule has 192 valence electrons. The van der Waals surface area contributed by atoms with Crippen molar-refractivity contribution in [3.05, 3.63) is 0 Å². The molecule has 0 aliphatic carbocycles. The predicted octanol–water partition coefficient (Wildman–Crippen LogP) is -0.929. The van der Waals surface area contributed by atoms with Gasteiger partial charge in [-0.15, -0.1) is 0 Å². The van der Waals surface area contributed by atoms with Crippen LogP contribution < -0.4 is 11.1 Å². The number of carboxylic acids is 1. The number of aliphatic carboxylic acids is 1. The molecular weight excluding hydrogens is 436 g/mol. The Balaban J connectivity index is 2.20. The number of amides is 1. The van der Waals surface area contributed by atoms with Gasteiger partial charge in [0.2, 0.25) is 5.91 Å². The molecule has 1 fully saturated rings. The molecule has 0 saturated carbocycles. The lowest BCUT2D eigenvalue weighted by atomic mass is 9.92. The Bertz CT molecular complexity index is 631. The zero-order valence-corrected chi connectivity index (χ0v) is 19.4. The van der Waals surface area contributed by atoms with Crippen LogP contribution in [0.15, 0.2) is 0 Å². The molecule has 11 heteroatoms. The smallest absolute Gasteiger partial charge is 0.306 e. The Hall–Kier alpha value is -1.63. The molecule has 0 radical (unpaired) electrons. The number of rotatable bonds is 15. The van der Waals surface area contributed by atoms with Crippen molar-refractivity contribution in [2.45, 2.75) is 108 Å². The van der Waals surface area contributed by atoms with Crippen molar-refractivity contribution < 1.29 is 44.7 Å². The van der Waals surface area contributed by atoms with Gasteiger partial charge in [-0.25, -0.2) is 0 Å². The zero-order chi connectivity index (χ0) is 25.1. The normalized spacial score (nSPS) is 28.0. The molecule has 0 spiro atoms. The summed E-state index contributed by atoms with van der Waals surface area (Å²) in [6.07, 6.45) is -0.699. The number of carboxylic acid groups (broad SMARTS) is 1. The van der Waals surface area contributed by atoms with Crippen molar-refractivity contribution in [3.63, 3.8) is 0 Å². The van der Waals surface area contributed by atoms with Crippen LogP contribution in [0.3, 0.4) is 0 Å². The Kier molecular flexibility index (Phi) is 13.0. The van der Waals surface area contributed by atoms with E-state index in [1.165, 1.54) is 13.8 Å². The van der Waals surface area contributed by atoms with E-state index >= 15 is 0 Å². The first kappa shape index (κ1) is 29.4. The maximum atomic E-state index is 12.2. The van der Waals surface area contributed by atoms with Gasteiger partial charge in [0, 0.05) is 6.42 Å². The van der Waals surface area contributed by atoms with Crippen LogP contribution in [0.1, 0.15) is 65.2 Å². The lowest BCUT2D eigenvalue weighted by molar-refractivity contribution is -0.230. The maximum absolute atomic E-state index is 12.2. The summed E-state index contributed by atoms with van der Waals surface area (Å²) in [4.78, 5) is 35.0. The minimum Gasteiger partial charge on any atom is -0.481 e. The third-order valence-corrected chi connectivity index (χ3v) is 6.10. The van der Waals surface area contributed by atoms with Crippen molar-refractivity contribution in [2.24, 2.45) is 11.7 Å². The fourth-order valence-corrected chi connectivity index (χ4v) is 3.76. The van der Waals surface area contributed by atoms with Crippen molar-refractivity contribution in [1.82, 2.24) is 5.32 Å². The topological polar surface area (TPSA) is 200 Å². The molecule has 33 heavy (non-hydrogen) atoms.